The molecule has 4 nitrogen and oxygen atoms in total. The van der Waals surface area contributed by atoms with Crippen molar-refractivity contribution in [2.24, 2.45) is 11.8 Å². The molecular weight excluding hydrogens is 338 g/mol. The molecule has 1 aromatic carbocycles. The fourth-order valence-electron chi connectivity index (χ4n) is 4.21. The van der Waals surface area contributed by atoms with Crippen molar-refractivity contribution in [3.63, 3.8) is 0 Å². The van der Waals surface area contributed by atoms with Gasteiger partial charge in [-0.15, -0.1) is 0 Å². The van der Waals surface area contributed by atoms with Gasteiger partial charge in [-0.2, -0.15) is 0 Å². The Hall–Kier alpha value is -2.88. The Balaban J connectivity index is 1.57. The number of carbonyl (C=O) groups excluding carboxylic acids is 1. The Morgan fingerprint density at radius 3 is 2.85 bits per heavy atom. The number of benzene rings is 1. The maximum Gasteiger partial charge on any atom is 0.157 e. The summed E-state index contributed by atoms with van der Waals surface area (Å²) in [4.78, 5) is 15.9. The highest BCUT2D eigenvalue weighted by atomic mass is 16.5. The summed E-state index contributed by atoms with van der Waals surface area (Å²) in [5.74, 6) is 1.43. The molecule has 0 saturated heterocycles. The zero-order chi connectivity index (χ0) is 18.6. The Labute approximate surface area is 159 Å². The van der Waals surface area contributed by atoms with E-state index in [-0.39, 0.29) is 11.3 Å². The molecule has 0 amide bonds. The lowest BCUT2D eigenvalue weighted by atomic mass is 9.84. The number of aldehydes is 1. The Bertz CT molecular complexity index is 894. The predicted molar refractivity (Wildman–Crippen MR) is 105 cm³/mol. The number of ether oxygens (including phenoxy) is 1. The number of carbonyl (C=O) groups is 1. The minimum absolute atomic E-state index is 0.0714. The summed E-state index contributed by atoms with van der Waals surface area (Å²) in [6, 6.07) is 8.75. The van der Waals surface area contributed by atoms with Crippen LogP contribution in [-0.4, -0.2) is 16.4 Å². The molecule has 1 heterocycles. The smallest absolute Gasteiger partial charge is 0.157 e. The van der Waals surface area contributed by atoms with Crippen LogP contribution in [-0.2, 0) is 6.61 Å². The van der Waals surface area contributed by atoms with Crippen LogP contribution in [0.5, 0.6) is 11.5 Å². The molecule has 1 aromatic heterocycles. The van der Waals surface area contributed by atoms with E-state index in [9.17, 15) is 9.90 Å². The van der Waals surface area contributed by atoms with Crippen LogP contribution in [0.3, 0.4) is 0 Å². The second-order valence-electron chi connectivity index (χ2n) is 7.18. The van der Waals surface area contributed by atoms with E-state index < -0.39 is 0 Å². The molecule has 27 heavy (non-hydrogen) atoms. The maximum atomic E-state index is 11.3. The number of aromatic nitrogens is 1. The molecular formula is C23H23NO3. The van der Waals surface area contributed by atoms with Crippen LogP contribution < -0.4 is 4.74 Å². The molecule has 0 spiro atoms. The van der Waals surface area contributed by atoms with E-state index in [4.69, 9.17) is 4.74 Å². The highest BCUT2D eigenvalue weighted by Gasteiger charge is 2.29. The second-order valence-corrected chi connectivity index (χ2v) is 7.18. The Kier molecular flexibility index (Phi) is 5.05. The lowest BCUT2D eigenvalue weighted by molar-refractivity contribution is 0.111. The van der Waals surface area contributed by atoms with E-state index in [1.807, 2.05) is 18.3 Å². The lowest BCUT2D eigenvalue weighted by Crippen LogP contribution is -2.12. The second kappa shape index (κ2) is 7.78. The zero-order valence-corrected chi connectivity index (χ0v) is 15.2. The van der Waals surface area contributed by atoms with Crippen molar-refractivity contribution in [3.8, 4) is 11.5 Å². The van der Waals surface area contributed by atoms with Crippen LogP contribution in [0.15, 0.2) is 54.8 Å². The van der Waals surface area contributed by atoms with Gasteiger partial charge in [0.1, 0.15) is 18.1 Å². The van der Waals surface area contributed by atoms with Crippen molar-refractivity contribution in [3.05, 3.63) is 71.6 Å². The van der Waals surface area contributed by atoms with Gasteiger partial charge in [0.2, 0.25) is 0 Å². The molecule has 4 rings (SSSR count). The summed E-state index contributed by atoms with van der Waals surface area (Å²) >= 11 is 0. The van der Waals surface area contributed by atoms with Crippen molar-refractivity contribution >= 4 is 11.9 Å². The molecule has 2 aliphatic carbocycles. The van der Waals surface area contributed by atoms with E-state index in [0.717, 1.165) is 11.3 Å². The highest BCUT2D eigenvalue weighted by Crippen LogP contribution is 2.42. The molecule has 1 fully saturated rings. The Morgan fingerprint density at radius 1 is 1.19 bits per heavy atom. The summed E-state index contributed by atoms with van der Waals surface area (Å²) in [5.41, 5.74) is 3.38. The summed E-state index contributed by atoms with van der Waals surface area (Å²) in [6.07, 6.45) is 14.2. The summed E-state index contributed by atoms with van der Waals surface area (Å²) < 4.78 is 5.88. The van der Waals surface area contributed by atoms with Gasteiger partial charge in [-0.3, -0.25) is 9.78 Å². The van der Waals surface area contributed by atoms with Gasteiger partial charge in [0.05, 0.1) is 11.3 Å². The van der Waals surface area contributed by atoms with Crippen LogP contribution in [0.25, 0.3) is 5.57 Å². The van der Waals surface area contributed by atoms with Gasteiger partial charge < -0.3 is 9.84 Å². The summed E-state index contributed by atoms with van der Waals surface area (Å²) in [5, 5.41) is 9.83. The maximum absolute atomic E-state index is 11.3. The largest absolute Gasteiger partial charge is 0.507 e. The minimum atomic E-state index is -0.0714. The zero-order valence-electron chi connectivity index (χ0n) is 15.2. The minimum Gasteiger partial charge on any atom is -0.507 e. The van der Waals surface area contributed by atoms with Gasteiger partial charge >= 0.3 is 0 Å². The monoisotopic (exact) mass is 361 g/mol. The van der Waals surface area contributed by atoms with Crippen molar-refractivity contribution < 1.29 is 14.6 Å². The first-order valence-electron chi connectivity index (χ1n) is 9.50. The van der Waals surface area contributed by atoms with Gasteiger partial charge in [-0.1, -0.05) is 43.2 Å². The fraction of sp³-hybridized carbons (Fsp3) is 0.304. The molecule has 0 bridgehead atoms. The molecule has 1 unspecified atom stereocenters. The van der Waals surface area contributed by atoms with Crippen LogP contribution in [0.1, 0.15) is 47.3 Å². The number of allylic oxidation sites excluding steroid dienone is 4. The van der Waals surface area contributed by atoms with Crippen LogP contribution in [0, 0.1) is 11.8 Å². The van der Waals surface area contributed by atoms with Gasteiger partial charge in [0.25, 0.3) is 0 Å². The molecule has 1 saturated carbocycles. The average molecular weight is 361 g/mol. The molecule has 2 aliphatic rings. The average Bonchev–Trinajstić information content (AvgIpc) is 3.38. The van der Waals surface area contributed by atoms with Crippen molar-refractivity contribution in [2.45, 2.75) is 32.3 Å². The van der Waals surface area contributed by atoms with E-state index in [0.29, 0.717) is 30.5 Å². The molecule has 1 atom stereocenters. The van der Waals surface area contributed by atoms with E-state index in [1.54, 1.807) is 12.1 Å². The first kappa shape index (κ1) is 17.5. The van der Waals surface area contributed by atoms with Crippen molar-refractivity contribution in [1.29, 1.82) is 0 Å². The number of phenolic OH excluding ortho intramolecular Hbond substituents is 1. The fourth-order valence-corrected chi connectivity index (χ4v) is 4.21. The number of nitrogens with zero attached hydrogens (tertiary/aromatic N) is 1. The molecule has 138 valence electrons. The van der Waals surface area contributed by atoms with Gasteiger partial charge in [-0.25, -0.2) is 0 Å². The van der Waals surface area contributed by atoms with Crippen LogP contribution >= 0.6 is 0 Å². The van der Waals surface area contributed by atoms with Gasteiger partial charge in [-0.05, 0) is 42.5 Å². The molecule has 0 aliphatic heterocycles. The molecule has 2 aromatic rings. The van der Waals surface area contributed by atoms with Crippen LogP contribution in [0.2, 0.25) is 0 Å². The van der Waals surface area contributed by atoms with Gasteiger partial charge in [0, 0.05) is 17.7 Å². The Morgan fingerprint density at radius 2 is 2.04 bits per heavy atom. The predicted octanol–water partition coefficient (Wildman–Crippen LogP) is 4.94. The molecule has 1 N–H and O–H groups in total. The normalized spacial score (nSPS) is 19.3. The van der Waals surface area contributed by atoms with Crippen molar-refractivity contribution in [1.82, 2.24) is 4.98 Å². The summed E-state index contributed by atoms with van der Waals surface area (Å²) in [6.45, 7) is 0.294. The quantitative estimate of drug-likeness (QED) is 0.741. The SMILES string of the molecule is O=Cc1c(O)cccc1OCc1cccnc1C1=CC=CC1C1CCCC1. The van der Waals surface area contributed by atoms with E-state index in [2.05, 4.69) is 23.2 Å². The molecule has 0 radical (unpaired) electrons. The summed E-state index contributed by atoms with van der Waals surface area (Å²) in [7, 11) is 0. The number of pyridine rings is 1. The van der Waals surface area contributed by atoms with E-state index >= 15 is 0 Å². The third-order valence-electron chi connectivity index (χ3n) is 5.57. The van der Waals surface area contributed by atoms with Crippen LogP contribution in [0.4, 0.5) is 0 Å². The third kappa shape index (κ3) is 3.52. The van der Waals surface area contributed by atoms with Crippen molar-refractivity contribution in [2.75, 3.05) is 0 Å². The first-order chi connectivity index (χ1) is 13.3. The topological polar surface area (TPSA) is 59.4 Å². The highest BCUT2D eigenvalue weighted by molar-refractivity contribution is 5.83. The third-order valence-corrected chi connectivity index (χ3v) is 5.57. The first-order valence-corrected chi connectivity index (χ1v) is 9.50. The van der Waals surface area contributed by atoms with E-state index in [1.165, 1.54) is 37.3 Å². The number of aromatic hydroxyl groups is 1. The molecule has 4 heteroatoms. The number of phenols is 1. The number of hydrogen-bond acceptors (Lipinski definition) is 4. The number of hydrogen-bond donors (Lipinski definition) is 1. The lowest BCUT2D eigenvalue weighted by Gasteiger charge is -2.22. The standard InChI is InChI=1S/C23H23NO3/c25-14-20-21(26)11-4-12-22(20)27-15-17-8-5-13-24-23(17)19-10-3-9-18(19)16-6-1-2-7-16/h3-5,8-14,16,18,26H,1-2,6-7,15H2. The van der Waals surface area contributed by atoms with Gasteiger partial charge in [0.15, 0.2) is 6.29 Å². The number of rotatable bonds is 6.